The van der Waals surface area contributed by atoms with Gasteiger partial charge in [-0.05, 0) is 11.5 Å². The van der Waals surface area contributed by atoms with Gasteiger partial charge in [-0.25, -0.2) is 0 Å². The minimum absolute atomic E-state index is 0.307. The minimum Gasteiger partial charge on any atom is -0.468 e. The molecule has 1 heterocycles. The second-order valence-corrected chi connectivity index (χ2v) is 3.52. The van der Waals surface area contributed by atoms with Crippen LogP contribution in [0.2, 0.25) is 10.2 Å². The predicted molar refractivity (Wildman–Crippen MR) is 47.9 cm³/mol. The molecule has 0 aliphatic heterocycles. The Bertz CT molecular complexity index is 277. The fourth-order valence-corrected chi connectivity index (χ4v) is 1.84. The Balaban J connectivity index is 2.51. The van der Waals surface area contributed by atoms with Crippen molar-refractivity contribution in [2.24, 2.45) is 0 Å². The fraction of sp³-hybridized carbons (Fsp3) is 0.333. The lowest BCUT2D eigenvalue weighted by molar-refractivity contribution is -0.128. The molecule has 0 bridgehead atoms. The molecule has 0 unspecified atom stereocenters. The molecule has 0 aromatic carbocycles. The molecule has 12 heavy (non-hydrogen) atoms. The first-order valence-corrected chi connectivity index (χ1v) is 4.63. The highest BCUT2D eigenvalue weighted by atomic mass is 35.5. The number of hydrogen-bond acceptors (Lipinski definition) is 4. The number of nitrogens with zero attached hydrogens (tertiary/aromatic N) is 1. The summed E-state index contributed by atoms with van der Waals surface area (Å²) in [6.45, 7) is 0.707. The van der Waals surface area contributed by atoms with E-state index in [1.165, 1.54) is 11.5 Å². The Kier molecular flexibility index (Phi) is 3.78. The average molecular weight is 226 g/mol. The molecule has 0 aliphatic carbocycles. The van der Waals surface area contributed by atoms with E-state index in [9.17, 15) is 4.79 Å². The molecule has 66 valence electrons. The van der Waals surface area contributed by atoms with E-state index in [1.807, 2.05) is 0 Å². The van der Waals surface area contributed by atoms with E-state index in [0.29, 0.717) is 29.7 Å². The van der Waals surface area contributed by atoms with Gasteiger partial charge in [-0.15, -0.1) is 0 Å². The summed E-state index contributed by atoms with van der Waals surface area (Å²) < 4.78 is 8.32. The average Bonchev–Trinajstić information content (AvgIpc) is 2.36. The first-order chi connectivity index (χ1) is 5.75. The SMILES string of the molecule is O=COCCc1snc(Cl)c1Cl. The number of halogens is 2. The molecule has 1 rings (SSSR count). The number of rotatable bonds is 4. The van der Waals surface area contributed by atoms with Crippen molar-refractivity contribution in [1.29, 1.82) is 0 Å². The van der Waals surface area contributed by atoms with Crippen LogP contribution in [-0.4, -0.2) is 17.5 Å². The van der Waals surface area contributed by atoms with Crippen LogP contribution in [0.1, 0.15) is 4.88 Å². The quantitative estimate of drug-likeness (QED) is 0.583. The maximum absolute atomic E-state index is 9.79. The van der Waals surface area contributed by atoms with Gasteiger partial charge in [0.1, 0.15) is 0 Å². The highest BCUT2D eigenvalue weighted by molar-refractivity contribution is 7.06. The van der Waals surface area contributed by atoms with Gasteiger partial charge in [0, 0.05) is 11.3 Å². The zero-order valence-corrected chi connectivity index (χ0v) is 8.25. The fourth-order valence-electron chi connectivity index (χ4n) is 0.645. The Morgan fingerprint density at radius 3 is 2.83 bits per heavy atom. The van der Waals surface area contributed by atoms with Gasteiger partial charge in [-0.3, -0.25) is 4.79 Å². The van der Waals surface area contributed by atoms with Gasteiger partial charge in [0.25, 0.3) is 6.47 Å². The second-order valence-electron chi connectivity index (χ2n) is 1.93. The highest BCUT2D eigenvalue weighted by Crippen LogP contribution is 2.28. The summed E-state index contributed by atoms with van der Waals surface area (Å²) in [6.07, 6.45) is 0.558. The summed E-state index contributed by atoms with van der Waals surface area (Å²) in [5, 5.41) is 0.763. The lowest BCUT2D eigenvalue weighted by Crippen LogP contribution is -1.94. The maximum atomic E-state index is 9.79. The summed E-state index contributed by atoms with van der Waals surface area (Å²) >= 11 is 12.6. The van der Waals surface area contributed by atoms with Crippen molar-refractivity contribution in [3.05, 3.63) is 15.1 Å². The topological polar surface area (TPSA) is 39.2 Å². The first kappa shape index (κ1) is 9.77. The molecular weight excluding hydrogens is 221 g/mol. The summed E-state index contributed by atoms with van der Waals surface area (Å²) in [5.41, 5.74) is 0. The van der Waals surface area contributed by atoms with Crippen molar-refractivity contribution in [1.82, 2.24) is 4.37 Å². The predicted octanol–water partition coefficient (Wildman–Crippen LogP) is 2.17. The van der Waals surface area contributed by atoms with Gasteiger partial charge < -0.3 is 4.74 Å². The molecular formula is C6H5Cl2NO2S. The van der Waals surface area contributed by atoms with Crippen LogP contribution in [0.25, 0.3) is 0 Å². The molecule has 0 saturated heterocycles. The molecule has 0 atom stereocenters. The standard InChI is InChI=1S/C6H5Cl2NO2S/c7-5-4(1-2-11-3-10)12-9-6(5)8/h3H,1-2H2. The van der Waals surface area contributed by atoms with Crippen LogP contribution < -0.4 is 0 Å². The molecule has 3 nitrogen and oxygen atoms in total. The van der Waals surface area contributed by atoms with Crippen LogP contribution >= 0.6 is 34.7 Å². The lowest BCUT2D eigenvalue weighted by Gasteiger charge is -1.95. The van der Waals surface area contributed by atoms with E-state index in [2.05, 4.69) is 9.11 Å². The summed E-state index contributed by atoms with van der Waals surface area (Å²) in [5.74, 6) is 0. The maximum Gasteiger partial charge on any atom is 0.293 e. The number of carbonyl (C=O) groups is 1. The Morgan fingerprint density at radius 1 is 1.58 bits per heavy atom. The van der Waals surface area contributed by atoms with Crippen molar-refractivity contribution in [3.63, 3.8) is 0 Å². The molecule has 1 aromatic rings. The van der Waals surface area contributed by atoms with Crippen molar-refractivity contribution in [2.45, 2.75) is 6.42 Å². The molecule has 0 fully saturated rings. The third kappa shape index (κ3) is 2.33. The largest absolute Gasteiger partial charge is 0.468 e. The van der Waals surface area contributed by atoms with Crippen LogP contribution in [0.4, 0.5) is 0 Å². The molecule has 0 saturated carbocycles. The Labute approximate surface area is 83.4 Å². The molecule has 0 N–H and O–H groups in total. The van der Waals surface area contributed by atoms with Gasteiger partial charge in [0.2, 0.25) is 0 Å². The Hall–Kier alpha value is -0.320. The summed E-state index contributed by atoms with van der Waals surface area (Å²) in [4.78, 5) is 10.6. The minimum atomic E-state index is 0.307. The van der Waals surface area contributed by atoms with Crippen molar-refractivity contribution in [2.75, 3.05) is 6.61 Å². The third-order valence-electron chi connectivity index (χ3n) is 1.18. The number of carbonyl (C=O) groups excluding carboxylic acids is 1. The summed E-state index contributed by atoms with van der Waals surface area (Å²) in [7, 11) is 0. The molecule has 6 heteroatoms. The monoisotopic (exact) mass is 225 g/mol. The van der Waals surface area contributed by atoms with E-state index in [4.69, 9.17) is 23.2 Å². The molecule has 0 radical (unpaired) electrons. The van der Waals surface area contributed by atoms with Crippen molar-refractivity contribution < 1.29 is 9.53 Å². The van der Waals surface area contributed by atoms with Crippen LogP contribution in [0, 0.1) is 0 Å². The highest BCUT2D eigenvalue weighted by Gasteiger charge is 2.08. The first-order valence-electron chi connectivity index (χ1n) is 3.10. The van der Waals surface area contributed by atoms with Gasteiger partial charge in [0.15, 0.2) is 5.15 Å². The van der Waals surface area contributed by atoms with Crippen LogP contribution in [0.3, 0.4) is 0 Å². The Morgan fingerprint density at radius 2 is 2.33 bits per heavy atom. The smallest absolute Gasteiger partial charge is 0.293 e. The third-order valence-corrected chi connectivity index (χ3v) is 3.07. The number of hydrogen-bond donors (Lipinski definition) is 0. The number of ether oxygens (including phenoxy) is 1. The zero-order chi connectivity index (χ0) is 8.97. The van der Waals surface area contributed by atoms with Crippen LogP contribution in [-0.2, 0) is 16.0 Å². The van der Waals surface area contributed by atoms with E-state index in [0.717, 1.165) is 4.88 Å². The molecule has 0 aliphatic rings. The van der Waals surface area contributed by atoms with Gasteiger partial charge in [-0.2, -0.15) is 4.37 Å². The molecule has 0 spiro atoms. The van der Waals surface area contributed by atoms with Gasteiger partial charge >= 0.3 is 0 Å². The summed E-state index contributed by atoms with van der Waals surface area (Å²) in [6, 6.07) is 0. The van der Waals surface area contributed by atoms with Crippen LogP contribution in [0.15, 0.2) is 0 Å². The van der Waals surface area contributed by atoms with Gasteiger partial charge in [-0.1, -0.05) is 23.2 Å². The van der Waals surface area contributed by atoms with E-state index >= 15 is 0 Å². The zero-order valence-electron chi connectivity index (χ0n) is 5.92. The molecule has 1 aromatic heterocycles. The van der Waals surface area contributed by atoms with E-state index < -0.39 is 0 Å². The van der Waals surface area contributed by atoms with Crippen molar-refractivity contribution in [3.8, 4) is 0 Å². The normalized spacial score (nSPS) is 9.83. The van der Waals surface area contributed by atoms with Crippen molar-refractivity contribution >= 4 is 41.2 Å². The second kappa shape index (κ2) is 4.64. The molecule has 0 amide bonds. The van der Waals surface area contributed by atoms with Crippen LogP contribution in [0.5, 0.6) is 0 Å². The van der Waals surface area contributed by atoms with E-state index in [-0.39, 0.29) is 0 Å². The lowest BCUT2D eigenvalue weighted by atomic mass is 10.4. The van der Waals surface area contributed by atoms with Gasteiger partial charge in [0.05, 0.1) is 11.6 Å². The van der Waals surface area contributed by atoms with E-state index in [1.54, 1.807) is 0 Å². The number of aromatic nitrogens is 1.